The molecule has 1 aromatic carbocycles. The molecule has 5 rings (SSSR count). The first kappa shape index (κ1) is 26.6. The number of aryl methyl sites for hydroxylation is 2. The van der Waals surface area contributed by atoms with Crippen molar-refractivity contribution in [1.29, 1.82) is 0 Å². The van der Waals surface area contributed by atoms with Crippen molar-refractivity contribution in [1.82, 2.24) is 19.8 Å². The third-order valence-corrected chi connectivity index (χ3v) is 8.76. The van der Waals surface area contributed by atoms with Gasteiger partial charge in [0.05, 0.1) is 11.3 Å². The zero-order valence-electron chi connectivity index (χ0n) is 22.6. The fraction of sp³-hybridized carbons (Fsp3) is 0.452. The smallest absolute Gasteiger partial charge is 0.255 e. The average Bonchev–Trinajstić information content (AvgIpc) is 2.93. The summed E-state index contributed by atoms with van der Waals surface area (Å²) >= 11 is 6.18. The van der Waals surface area contributed by atoms with E-state index in [1.807, 2.05) is 55.1 Å². The Bertz CT molecular complexity index is 1210. The fourth-order valence-corrected chi connectivity index (χ4v) is 6.19. The van der Waals surface area contributed by atoms with Crippen molar-refractivity contribution in [2.75, 3.05) is 26.2 Å². The Labute approximate surface area is 231 Å². The van der Waals surface area contributed by atoms with E-state index in [2.05, 4.69) is 33.9 Å². The normalized spacial score (nSPS) is 19.2. The summed E-state index contributed by atoms with van der Waals surface area (Å²) in [5.74, 6) is 1.15. The largest absolute Gasteiger partial charge is 0.469 e. The van der Waals surface area contributed by atoms with Gasteiger partial charge in [-0.2, -0.15) is 0 Å². The number of carbonyl (C=O) groups excluding carboxylic acids is 1. The lowest BCUT2D eigenvalue weighted by molar-refractivity contribution is -0.00614. The number of hydrogen-bond donors (Lipinski definition) is 0. The molecule has 0 radical (unpaired) electrons. The monoisotopic (exact) mass is 532 g/mol. The van der Waals surface area contributed by atoms with Crippen LogP contribution in [-0.4, -0.2) is 57.4 Å². The molecule has 7 heteroatoms. The van der Waals surface area contributed by atoms with Gasteiger partial charge in [-0.3, -0.25) is 14.7 Å². The summed E-state index contributed by atoms with van der Waals surface area (Å²) in [4.78, 5) is 26.7. The number of benzene rings is 1. The first-order valence-corrected chi connectivity index (χ1v) is 14.0. The summed E-state index contributed by atoms with van der Waals surface area (Å²) in [6.45, 7) is 9.88. The highest BCUT2D eigenvalue weighted by Crippen LogP contribution is 2.39. The lowest BCUT2D eigenvalue weighted by Crippen LogP contribution is -2.56. The van der Waals surface area contributed by atoms with Crippen molar-refractivity contribution in [3.8, 4) is 5.88 Å². The first-order chi connectivity index (χ1) is 18.3. The molecule has 6 nitrogen and oxygen atoms in total. The van der Waals surface area contributed by atoms with Gasteiger partial charge in [0.2, 0.25) is 5.88 Å². The zero-order chi connectivity index (χ0) is 26.7. The van der Waals surface area contributed by atoms with Crippen LogP contribution in [0.15, 0.2) is 60.9 Å². The van der Waals surface area contributed by atoms with Crippen molar-refractivity contribution < 1.29 is 9.53 Å². The van der Waals surface area contributed by atoms with E-state index in [9.17, 15) is 4.79 Å². The van der Waals surface area contributed by atoms with Crippen LogP contribution >= 0.6 is 11.6 Å². The number of likely N-dealkylation sites (tertiary alicyclic amines) is 2. The molecule has 2 aliphatic heterocycles. The van der Waals surface area contributed by atoms with Crippen LogP contribution in [0, 0.1) is 19.8 Å². The van der Waals surface area contributed by atoms with Gasteiger partial charge in [0, 0.05) is 48.0 Å². The highest BCUT2D eigenvalue weighted by atomic mass is 35.5. The molecule has 0 aliphatic carbocycles. The van der Waals surface area contributed by atoms with Crippen molar-refractivity contribution in [3.63, 3.8) is 0 Å². The third-order valence-electron chi connectivity index (χ3n) is 8.51. The molecule has 2 aromatic heterocycles. The number of piperidine rings is 2. The number of pyridine rings is 2. The lowest BCUT2D eigenvalue weighted by Gasteiger charge is -2.50. The molecule has 0 bridgehead atoms. The standard InChI is InChI=1S/C31H37ClN4O2/c1-22-11-17-33-23(2)28(22)30(37)35-20-14-31(3,15-21-35)36-18-12-25(13-19-36)29(24-7-9-26(32)10-8-24)38-27-6-4-5-16-34-27/h4-11,16-17,25,29H,12-15,18-21H2,1-3H3. The fourth-order valence-electron chi connectivity index (χ4n) is 6.06. The molecule has 1 amide bonds. The number of aromatic nitrogens is 2. The van der Waals surface area contributed by atoms with E-state index < -0.39 is 0 Å². The van der Waals surface area contributed by atoms with Gasteiger partial charge < -0.3 is 9.64 Å². The minimum atomic E-state index is -0.0671. The second-order valence-corrected chi connectivity index (χ2v) is 11.4. The predicted molar refractivity (Wildman–Crippen MR) is 151 cm³/mol. The SMILES string of the molecule is Cc1ccnc(C)c1C(=O)N1CCC(C)(N2CCC(C(Oc3ccccn3)c3ccc(Cl)cc3)CC2)CC1. The number of hydrogen-bond acceptors (Lipinski definition) is 5. The summed E-state index contributed by atoms with van der Waals surface area (Å²) < 4.78 is 6.47. The van der Waals surface area contributed by atoms with Crippen LogP contribution in [0.4, 0.5) is 0 Å². The van der Waals surface area contributed by atoms with Gasteiger partial charge in [0.15, 0.2) is 0 Å². The molecule has 1 atom stereocenters. The van der Waals surface area contributed by atoms with Crippen LogP contribution in [0.3, 0.4) is 0 Å². The van der Waals surface area contributed by atoms with E-state index in [-0.39, 0.29) is 17.6 Å². The molecule has 0 saturated carbocycles. The number of amides is 1. The van der Waals surface area contributed by atoms with Crippen LogP contribution < -0.4 is 4.74 Å². The molecule has 1 unspecified atom stereocenters. The molecule has 38 heavy (non-hydrogen) atoms. The second kappa shape index (κ2) is 11.4. The van der Waals surface area contributed by atoms with Crippen molar-refractivity contribution in [2.24, 2.45) is 5.92 Å². The van der Waals surface area contributed by atoms with Crippen LogP contribution in [0.2, 0.25) is 5.02 Å². The van der Waals surface area contributed by atoms with Crippen molar-refractivity contribution >= 4 is 17.5 Å². The van der Waals surface area contributed by atoms with E-state index in [1.54, 1.807) is 12.4 Å². The molecule has 0 N–H and O–H groups in total. The summed E-state index contributed by atoms with van der Waals surface area (Å²) in [7, 11) is 0. The van der Waals surface area contributed by atoms with Gasteiger partial charge >= 0.3 is 0 Å². The van der Waals surface area contributed by atoms with Crippen molar-refractivity contribution in [3.05, 3.63) is 88.3 Å². The first-order valence-electron chi connectivity index (χ1n) is 13.6. The van der Waals surface area contributed by atoms with Gasteiger partial charge in [-0.05, 0) is 94.9 Å². The zero-order valence-corrected chi connectivity index (χ0v) is 23.3. The number of carbonyl (C=O) groups is 1. The predicted octanol–water partition coefficient (Wildman–Crippen LogP) is 6.27. The number of halogens is 1. The molecule has 4 heterocycles. The maximum atomic E-state index is 13.3. The minimum absolute atomic E-state index is 0.0671. The maximum Gasteiger partial charge on any atom is 0.255 e. The Morgan fingerprint density at radius 2 is 1.68 bits per heavy atom. The highest BCUT2D eigenvalue weighted by molar-refractivity contribution is 6.30. The van der Waals surface area contributed by atoms with E-state index >= 15 is 0 Å². The van der Waals surface area contributed by atoms with Gasteiger partial charge in [-0.1, -0.05) is 29.8 Å². The van der Waals surface area contributed by atoms with Gasteiger partial charge in [-0.15, -0.1) is 0 Å². The summed E-state index contributed by atoms with van der Waals surface area (Å²) in [6, 6.07) is 15.7. The number of nitrogens with zero attached hydrogens (tertiary/aromatic N) is 4. The average molecular weight is 533 g/mol. The molecule has 0 spiro atoms. The Morgan fingerprint density at radius 3 is 2.32 bits per heavy atom. The highest BCUT2D eigenvalue weighted by Gasteiger charge is 2.40. The second-order valence-electron chi connectivity index (χ2n) is 11.0. The number of rotatable bonds is 6. The summed E-state index contributed by atoms with van der Waals surface area (Å²) in [5, 5.41) is 0.728. The molecular formula is C31H37ClN4O2. The Hall–Kier alpha value is -2.96. The van der Waals surface area contributed by atoms with Gasteiger partial charge in [0.25, 0.3) is 5.91 Å². The minimum Gasteiger partial charge on any atom is -0.469 e. The Kier molecular flexibility index (Phi) is 8.01. The molecular weight excluding hydrogens is 496 g/mol. The van der Waals surface area contributed by atoms with Crippen molar-refractivity contribution in [2.45, 2.75) is 58.1 Å². The van der Waals surface area contributed by atoms with E-state index in [4.69, 9.17) is 16.3 Å². The van der Waals surface area contributed by atoms with Crippen LogP contribution in [0.25, 0.3) is 0 Å². The topological polar surface area (TPSA) is 58.6 Å². The Balaban J connectivity index is 1.22. The van der Waals surface area contributed by atoms with Crippen LogP contribution in [-0.2, 0) is 0 Å². The van der Waals surface area contributed by atoms with Crippen LogP contribution in [0.1, 0.15) is 65.9 Å². The summed E-state index contributed by atoms with van der Waals surface area (Å²) in [5.41, 5.74) is 3.81. The van der Waals surface area contributed by atoms with E-state index in [1.165, 1.54) is 0 Å². The van der Waals surface area contributed by atoms with E-state index in [0.29, 0.717) is 11.8 Å². The molecule has 3 aromatic rings. The summed E-state index contributed by atoms with van der Waals surface area (Å²) in [6.07, 6.45) is 7.53. The number of ether oxygens (including phenoxy) is 1. The molecule has 2 aliphatic rings. The molecule has 200 valence electrons. The van der Waals surface area contributed by atoms with Gasteiger partial charge in [0.1, 0.15) is 6.10 Å². The quantitative estimate of drug-likeness (QED) is 0.374. The Morgan fingerprint density at radius 1 is 0.974 bits per heavy atom. The third kappa shape index (κ3) is 5.71. The maximum absolute atomic E-state index is 13.3. The van der Waals surface area contributed by atoms with Gasteiger partial charge in [-0.25, -0.2) is 4.98 Å². The lowest BCUT2D eigenvalue weighted by atomic mass is 9.82. The van der Waals surface area contributed by atoms with E-state index in [0.717, 1.165) is 79.3 Å². The van der Waals surface area contributed by atoms with Crippen LogP contribution in [0.5, 0.6) is 5.88 Å². The molecule has 2 saturated heterocycles. The molecule has 2 fully saturated rings.